The first-order valence-corrected chi connectivity index (χ1v) is 6.68. The normalized spacial score (nSPS) is 36.6. The van der Waals surface area contributed by atoms with Crippen molar-refractivity contribution in [2.75, 3.05) is 0 Å². The van der Waals surface area contributed by atoms with E-state index < -0.39 is 5.97 Å². The molecule has 0 aliphatic heterocycles. The molecule has 4 heteroatoms. The summed E-state index contributed by atoms with van der Waals surface area (Å²) in [4.78, 5) is 22.1. The van der Waals surface area contributed by atoms with Crippen LogP contribution in [0.15, 0.2) is 0 Å². The van der Waals surface area contributed by atoms with Crippen LogP contribution in [0, 0.1) is 16.7 Å². The first kappa shape index (κ1) is 13.4. The van der Waals surface area contributed by atoms with E-state index in [1.807, 2.05) is 0 Å². The largest absolute Gasteiger partial charge is 0.481 e. The Labute approximate surface area is 108 Å². The van der Waals surface area contributed by atoms with Crippen LogP contribution in [0.1, 0.15) is 52.9 Å². The van der Waals surface area contributed by atoms with E-state index in [1.165, 1.54) is 6.42 Å². The Morgan fingerprint density at radius 3 is 2.39 bits per heavy atom. The van der Waals surface area contributed by atoms with Crippen molar-refractivity contribution >= 4 is 11.9 Å². The standard InChI is InChI=1S/C14H22O4/c1-13(2)9-6-7-14(13,3)10(8-9)18-12(17)5-4-11(15)16/h9-10H,4-8H2,1-3H3,(H,15,16)/t9-,10-,14+/m1/s1. The van der Waals surface area contributed by atoms with Crippen molar-refractivity contribution in [2.45, 2.75) is 59.0 Å². The highest BCUT2D eigenvalue weighted by Gasteiger charge is 2.62. The molecule has 102 valence electrons. The van der Waals surface area contributed by atoms with E-state index in [4.69, 9.17) is 9.84 Å². The van der Waals surface area contributed by atoms with Crippen molar-refractivity contribution in [1.29, 1.82) is 0 Å². The lowest BCUT2D eigenvalue weighted by molar-refractivity contribution is -0.158. The van der Waals surface area contributed by atoms with Crippen molar-refractivity contribution in [3.63, 3.8) is 0 Å². The van der Waals surface area contributed by atoms with Gasteiger partial charge in [-0.3, -0.25) is 9.59 Å². The minimum atomic E-state index is -0.952. The molecular weight excluding hydrogens is 232 g/mol. The minimum Gasteiger partial charge on any atom is -0.481 e. The Morgan fingerprint density at radius 1 is 1.28 bits per heavy atom. The van der Waals surface area contributed by atoms with Crippen LogP contribution in [0.3, 0.4) is 0 Å². The molecule has 2 saturated carbocycles. The molecule has 3 atom stereocenters. The van der Waals surface area contributed by atoms with Gasteiger partial charge in [-0.2, -0.15) is 0 Å². The van der Waals surface area contributed by atoms with Crippen LogP contribution in [0.5, 0.6) is 0 Å². The van der Waals surface area contributed by atoms with Gasteiger partial charge in [-0.05, 0) is 30.6 Å². The third kappa shape index (κ3) is 1.91. The van der Waals surface area contributed by atoms with Crippen molar-refractivity contribution in [2.24, 2.45) is 16.7 Å². The molecule has 2 bridgehead atoms. The zero-order valence-electron chi connectivity index (χ0n) is 11.4. The lowest BCUT2D eigenvalue weighted by atomic mass is 9.70. The van der Waals surface area contributed by atoms with Crippen molar-refractivity contribution < 1.29 is 19.4 Å². The molecule has 2 aliphatic rings. The zero-order valence-corrected chi connectivity index (χ0v) is 11.4. The third-order valence-electron chi connectivity index (χ3n) is 5.53. The number of aliphatic carboxylic acids is 1. The molecule has 1 N–H and O–H groups in total. The highest BCUT2D eigenvalue weighted by molar-refractivity contribution is 5.76. The highest BCUT2D eigenvalue weighted by Crippen LogP contribution is 2.66. The van der Waals surface area contributed by atoms with Gasteiger partial charge in [0.25, 0.3) is 0 Å². The topological polar surface area (TPSA) is 63.6 Å². The van der Waals surface area contributed by atoms with E-state index in [0.29, 0.717) is 5.92 Å². The molecule has 0 radical (unpaired) electrons. The Kier molecular flexibility index (Phi) is 3.16. The van der Waals surface area contributed by atoms with E-state index in [2.05, 4.69) is 20.8 Å². The highest BCUT2D eigenvalue weighted by atomic mass is 16.5. The molecular formula is C14H22O4. The van der Waals surface area contributed by atoms with Crippen LogP contribution in [-0.2, 0) is 14.3 Å². The number of rotatable bonds is 4. The molecule has 0 aromatic rings. The first-order valence-electron chi connectivity index (χ1n) is 6.68. The summed E-state index contributed by atoms with van der Waals surface area (Å²) < 4.78 is 5.53. The molecule has 18 heavy (non-hydrogen) atoms. The van der Waals surface area contributed by atoms with Gasteiger partial charge < -0.3 is 9.84 Å². The van der Waals surface area contributed by atoms with Gasteiger partial charge >= 0.3 is 11.9 Å². The van der Waals surface area contributed by atoms with E-state index >= 15 is 0 Å². The van der Waals surface area contributed by atoms with Crippen LogP contribution >= 0.6 is 0 Å². The van der Waals surface area contributed by atoms with Crippen molar-refractivity contribution in [3.05, 3.63) is 0 Å². The summed E-state index contributed by atoms with van der Waals surface area (Å²) in [5.41, 5.74) is 0.265. The second-order valence-corrected chi connectivity index (χ2v) is 6.48. The van der Waals surface area contributed by atoms with Gasteiger partial charge in [0.05, 0.1) is 12.8 Å². The molecule has 0 heterocycles. The van der Waals surface area contributed by atoms with Crippen LogP contribution in [-0.4, -0.2) is 23.1 Å². The summed E-state index contributed by atoms with van der Waals surface area (Å²) >= 11 is 0. The van der Waals surface area contributed by atoms with E-state index in [1.54, 1.807) is 0 Å². The Balaban J connectivity index is 1.96. The zero-order chi connectivity index (χ0) is 13.6. The van der Waals surface area contributed by atoms with Crippen LogP contribution in [0.2, 0.25) is 0 Å². The van der Waals surface area contributed by atoms with E-state index in [-0.39, 0.29) is 35.7 Å². The lowest BCUT2D eigenvalue weighted by Gasteiger charge is -2.38. The summed E-state index contributed by atoms with van der Waals surface area (Å²) in [6, 6.07) is 0. The molecule has 0 saturated heterocycles. The fourth-order valence-corrected chi connectivity index (χ4v) is 3.74. The summed E-state index contributed by atoms with van der Waals surface area (Å²) in [5, 5.41) is 8.55. The van der Waals surface area contributed by atoms with Gasteiger partial charge in [-0.25, -0.2) is 0 Å². The van der Waals surface area contributed by atoms with E-state index in [9.17, 15) is 9.59 Å². The maximum absolute atomic E-state index is 11.6. The number of carbonyl (C=O) groups is 2. The number of carbonyl (C=O) groups excluding carboxylic acids is 1. The molecule has 0 amide bonds. The van der Waals surface area contributed by atoms with Gasteiger partial charge in [0.1, 0.15) is 6.10 Å². The SMILES string of the molecule is CC1(C)[C@@H]2CC[C@@]1(C)[C@H](OC(=O)CCC(=O)O)C2. The monoisotopic (exact) mass is 254 g/mol. The average molecular weight is 254 g/mol. The number of ether oxygens (including phenoxy) is 1. The first-order chi connectivity index (χ1) is 8.27. The Bertz CT molecular complexity index is 374. The maximum Gasteiger partial charge on any atom is 0.306 e. The number of hydrogen-bond acceptors (Lipinski definition) is 3. The number of fused-ring (bicyclic) bond motifs is 2. The summed E-state index contributed by atoms with van der Waals surface area (Å²) in [7, 11) is 0. The predicted molar refractivity (Wildman–Crippen MR) is 66.0 cm³/mol. The number of hydrogen-bond donors (Lipinski definition) is 1. The molecule has 0 unspecified atom stereocenters. The molecule has 4 nitrogen and oxygen atoms in total. The van der Waals surface area contributed by atoms with Gasteiger partial charge in [-0.15, -0.1) is 0 Å². The predicted octanol–water partition coefficient (Wildman–Crippen LogP) is 2.61. The molecule has 0 aromatic carbocycles. The quantitative estimate of drug-likeness (QED) is 0.783. The fraction of sp³-hybridized carbons (Fsp3) is 0.857. The number of carboxylic acids is 1. The molecule has 2 fully saturated rings. The molecule has 0 aromatic heterocycles. The molecule has 2 rings (SSSR count). The minimum absolute atomic E-state index is 0.0208. The summed E-state index contributed by atoms with van der Waals surface area (Å²) in [5.74, 6) is -0.696. The summed E-state index contributed by atoms with van der Waals surface area (Å²) in [6.07, 6.45) is 3.05. The Morgan fingerprint density at radius 2 is 1.94 bits per heavy atom. The van der Waals surface area contributed by atoms with Gasteiger partial charge in [-0.1, -0.05) is 20.8 Å². The van der Waals surface area contributed by atoms with Gasteiger partial charge in [0.15, 0.2) is 0 Å². The second-order valence-electron chi connectivity index (χ2n) is 6.48. The molecule has 2 aliphatic carbocycles. The van der Waals surface area contributed by atoms with E-state index in [0.717, 1.165) is 12.8 Å². The lowest BCUT2D eigenvalue weighted by Crippen LogP contribution is -2.38. The van der Waals surface area contributed by atoms with Crippen molar-refractivity contribution in [1.82, 2.24) is 0 Å². The van der Waals surface area contributed by atoms with Crippen LogP contribution < -0.4 is 0 Å². The third-order valence-corrected chi connectivity index (χ3v) is 5.53. The average Bonchev–Trinajstić information content (AvgIpc) is 2.59. The van der Waals surface area contributed by atoms with Gasteiger partial charge in [0.2, 0.25) is 0 Å². The smallest absolute Gasteiger partial charge is 0.306 e. The van der Waals surface area contributed by atoms with Crippen LogP contribution in [0.25, 0.3) is 0 Å². The second kappa shape index (κ2) is 4.25. The fourth-order valence-electron chi connectivity index (χ4n) is 3.74. The Hall–Kier alpha value is -1.06. The maximum atomic E-state index is 11.6. The number of esters is 1. The van der Waals surface area contributed by atoms with Crippen LogP contribution in [0.4, 0.5) is 0 Å². The molecule has 0 spiro atoms. The van der Waals surface area contributed by atoms with Crippen molar-refractivity contribution in [3.8, 4) is 0 Å². The number of carboxylic acid groups (broad SMARTS) is 1. The summed E-state index contributed by atoms with van der Waals surface area (Å²) in [6.45, 7) is 6.72. The van der Waals surface area contributed by atoms with Gasteiger partial charge in [0, 0.05) is 5.41 Å².